The average Bonchev–Trinajstić information content (AvgIpc) is 2.74. The number of rotatable bonds is 1. The van der Waals surface area contributed by atoms with Crippen LogP contribution in [0.2, 0.25) is 0 Å². The predicted molar refractivity (Wildman–Crippen MR) is 121 cm³/mol. The van der Waals surface area contributed by atoms with Crippen molar-refractivity contribution in [3.05, 3.63) is 0 Å². The van der Waals surface area contributed by atoms with Gasteiger partial charge in [-0.3, -0.25) is 4.79 Å². The molecule has 0 radical (unpaired) electrons. The molecule has 0 bridgehead atoms. The third kappa shape index (κ3) is 6.82. The van der Waals surface area contributed by atoms with Gasteiger partial charge in [0.2, 0.25) is 5.91 Å². The molecule has 3 rings (SSSR count). The molecule has 7 nitrogen and oxygen atoms in total. The zero-order valence-electron chi connectivity index (χ0n) is 19.8. The fourth-order valence-corrected chi connectivity index (χ4v) is 5.24. The SMILES string of the molecule is CN1C[C@H](O)C(C)(C)COCCC[C@H]2CN(C(=O)NC3CCCCC3)CC[C@H]2CC1=O. The molecule has 2 aliphatic heterocycles. The molecule has 1 aliphatic carbocycles. The van der Waals surface area contributed by atoms with Gasteiger partial charge in [-0.05, 0) is 43.9 Å². The molecule has 1 saturated carbocycles. The van der Waals surface area contributed by atoms with E-state index in [9.17, 15) is 14.7 Å². The largest absolute Gasteiger partial charge is 0.391 e. The summed E-state index contributed by atoms with van der Waals surface area (Å²) in [7, 11) is 1.78. The highest BCUT2D eigenvalue weighted by atomic mass is 16.5. The number of aliphatic hydroxyl groups excluding tert-OH is 1. The smallest absolute Gasteiger partial charge is 0.317 e. The van der Waals surface area contributed by atoms with Gasteiger partial charge in [-0.1, -0.05) is 33.1 Å². The van der Waals surface area contributed by atoms with Crippen LogP contribution in [0, 0.1) is 17.3 Å². The van der Waals surface area contributed by atoms with E-state index in [-0.39, 0.29) is 17.9 Å². The molecule has 2 heterocycles. The lowest BCUT2D eigenvalue weighted by Crippen LogP contribution is -2.51. The Kier molecular flexibility index (Phi) is 8.62. The predicted octanol–water partition coefficient (Wildman–Crippen LogP) is 3.01. The molecule has 3 amide bonds. The Bertz CT molecular complexity index is 606. The van der Waals surface area contributed by atoms with E-state index in [1.54, 1.807) is 11.9 Å². The second-order valence-electron chi connectivity index (χ2n) is 10.7. The summed E-state index contributed by atoms with van der Waals surface area (Å²) >= 11 is 0. The molecule has 0 aromatic heterocycles. The Morgan fingerprint density at radius 1 is 1.06 bits per heavy atom. The van der Waals surface area contributed by atoms with E-state index in [1.165, 1.54) is 19.3 Å². The van der Waals surface area contributed by atoms with Crippen LogP contribution in [0.15, 0.2) is 0 Å². The Morgan fingerprint density at radius 2 is 1.81 bits per heavy atom. The van der Waals surface area contributed by atoms with Crippen molar-refractivity contribution in [2.24, 2.45) is 17.3 Å². The number of nitrogens with one attached hydrogen (secondary N) is 1. The monoisotopic (exact) mass is 437 g/mol. The highest BCUT2D eigenvalue weighted by Crippen LogP contribution is 2.32. The van der Waals surface area contributed by atoms with E-state index in [2.05, 4.69) is 5.32 Å². The van der Waals surface area contributed by atoms with E-state index < -0.39 is 11.5 Å². The van der Waals surface area contributed by atoms with Gasteiger partial charge in [0.15, 0.2) is 0 Å². The normalized spacial score (nSPS) is 31.7. The summed E-state index contributed by atoms with van der Waals surface area (Å²) in [5.41, 5.74) is -0.399. The molecule has 178 valence electrons. The number of aliphatic hydroxyl groups is 1. The molecule has 7 heteroatoms. The Hall–Kier alpha value is -1.34. The molecular formula is C24H43N3O4. The molecule has 2 N–H and O–H groups in total. The lowest BCUT2D eigenvalue weighted by Gasteiger charge is -2.40. The molecule has 3 fully saturated rings. The number of carbonyl (C=O) groups excluding carboxylic acids is 2. The summed E-state index contributed by atoms with van der Waals surface area (Å²) in [5.74, 6) is 0.676. The average molecular weight is 438 g/mol. The summed E-state index contributed by atoms with van der Waals surface area (Å²) < 4.78 is 5.89. The number of carbonyl (C=O) groups is 2. The number of amides is 3. The van der Waals surface area contributed by atoms with Gasteiger partial charge in [0, 0.05) is 51.2 Å². The van der Waals surface area contributed by atoms with Gasteiger partial charge in [0.05, 0.1) is 12.7 Å². The van der Waals surface area contributed by atoms with Crippen LogP contribution in [0.5, 0.6) is 0 Å². The van der Waals surface area contributed by atoms with Gasteiger partial charge in [-0.15, -0.1) is 0 Å². The summed E-state index contributed by atoms with van der Waals surface area (Å²) in [6.45, 7) is 6.84. The van der Waals surface area contributed by atoms with Crippen molar-refractivity contribution in [2.45, 2.75) is 83.8 Å². The number of ether oxygens (including phenoxy) is 1. The van der Waals surface area contributed by atoms with Crippen molar-refractivity contribution in [2.75, 3.05) is 39.9 Å². The van der Waals surface area contributed by atoms with Crippen molar-refractivity contribution >= 4 is 11.9 Å². The van der Waals surface area contributed by atoms with E-state index in [4.69, 9.17) is 4.74 Å². The molecule has 3 atom stereocenters. The number of likely N-dealkylation sites (N-methyl/N-ethyl adjacent to an activating group) is 1. The van der Waals surface area contributed by atoms with Gasteiger partial charge < -0.3 is 25.0 Å². The van der Waals surface area contributed by atoms with Crippen LogP contribution >= 0.6 is 0 Å². The second-order valence-corrected chi connectivity index (χ2v) is 10.7. The van der Waals surface area contributed by atoms with Gasteiger partial charge in [-0.2, -0.15) is 0 Å². The fourth-order valence-electron chi connectivity index (χ4n) is 5.24. The highest BCUT2D eigenvalue weighted by Gasteiger charge is 2.35. The van der Waals surface area contributed by atoms with Crippen LogP contribution in [0.1, 0.15) is 71.6 Å². The number of hydrogen-bond acceptors (Lipinski definition) is 4. The first kappa shape index (κ1) is 24.3. The number of fused-ring (bicyclic) bond motifs is 1. The Balaban J connectivity index is 1.61. The first-order chi connectivity index (χ1) is 14.8. The Morgan fingerprint density at radius 3 is 2.55 bits per heavy atom. The number of nitrogens with zero attached hydrogens (tertiary/aromatic N) is 2. The van der Waals surface area contributed by atoms with E-state index in [0.717, 1.165) is 32.1 Å². The number of piperidine rings is 1. The zero-order valence-corrected chi connectivity index (χ0v) is 19.8. The van der Waals surface area contributed by atoms with Crippen LogP contribution in [-0.2, 0) is 9.53 Å². The lowest BCUT2D eigenvalue weighted by atomic mass is 9.80. The van der Waals surface area contributed by atoms with Crippen LogP contribution in [0.3, 0.4) is 0 Å². The molecule has 0 unspecified atom stereocenters. The van der Waals surface area contributed by atoms with Crippen LogP contribution in [0.4, 0.5) is 4.79 Å². The summed E-state index contributed by atoms with van der Waals surface area (Å²) in [6.07, 6.45) is 8.46. The number of urea groups is 1. The molecule has 0 aromatic carbocycles. The minimum atomic E-state index is -0.622. The summed E-state index contributed by atoms with van der Waals surface area (Å²) in [4.78, 5) is 29.4. The minimum absolute atomic E-state index is 0.0674. The maximum absolute atomic E-state index is 12.9. The molecule has 3 aliphatic rings. The molecule has 0 spiro atoms. The summed E-state index contributed by atoms with van der Waals surface area (Å²) in [6, 6.07) is 0.385. The molecule has 31 heavy (non-hydrogen) atoms. The summed E-state index contributed by atoms with van der Waals surface area (Å²) in [5, 5.41) is 13.9. The topological polar surface area (TPSA) is 82.1 Å². The van der Waals surface area contributed by atoms with Crippen LogP contribution < -0.4 is 5.32 Å². The third-order valence-electron chi connectivity index (χ3n) is 7.66. The van der Waals surface area contributed by atoms with Crippen molar-refractivity contribution in [3.8, 4) is 0 Å². The van der Waals surface area contributed by atoms with Crippen LogP contribution in [-0.4, -0.2) is 78.9 Å². The maximum atomic E-state index is 12.9. The second kappa shape index (κ2) is 11.0. The standard InChI is InChI=1S/C24H43N3O4/c1-24(2)17-31-13-7-8-19-15-27(23(30)25-20-9-5-4-6-10-20)12-11-18(19)14-22(29)26(3)16-21(24)28/h18-21,28H,4-17H2,1-3H3,(H,25,30)/t18-,19-,21-/m0/s1. The first-order valence-corrected chi connectivity index (χ1v) is 12.3. The highest BCUT2D eigenvalue weighted by molar-refractivity contribution is 5.76. The number of likely N-dealkylation sites (tertiary alicyclic amines) is 1. The zero-order chi connectivity index (χ0) is 22.4. The van der Waals surface area contributed by atoms with Crippen LogP contribution in [0.25, 0.3) is 0 Å². The van der Waals surface area contributed by atoms with Gasteiger partial charge >= 0.3 is 6.03 Å². The Labute approximate surface area is 187 Å². The lowest BCUT2D eigenvalue weighted by molar-refractivity contribution is -0.134. The first-order valence-electron chi connectivity index (χ1n) is 12.3. The van der Waals surface area contributed by atoms with Gasteiger partial charge in [-0.25, -0.2) is 4.79 Å². The van der Waals surface area contributed by atoms with Crippen molar-refractivity contribution in [1.29, 1.82) is 0 Å². The van der Waals surface area contributed by atoms with Gasteiger partial charge in [0.1, 0.15) is 0 Å². The van der Waals surface area contributed by atoms with Crippen molar-refractivity contribution in [3.63, 3.8) is 0 Å². The molecule has 2 saturated heterocycles. The number of β-amino-alcohol motifs (C(OH)–C–C–N with tert-alkyl or cyclic N) is 1. The molecular weight excluding hydrogens is 394 g/mol. The minimum Gasteiger partial charge on any atom is -0.391 e. The molecule has 0 aromatic rings. The van der Waals surface area contributed by atoms with E-state index in [1.807, 2.05) is 18.7 Å². The van der Waals surface area contributed by atoms with E-state index in [0.29, 0.717) is 51.2 Å². The van der Waals surface area contributed by atoms with E-state index >= 15 is 0 Å². The van der Waals surface area contributed by atoms with Crippen molar-refractivity contribution < 1.29 is 19.4 Å². The van der Waals surface area contributed by atoms with Crippen molar-refractivity contribution in [1.82, 2.24) is 15.1 Å². The fraction of sp³-hybridized carbons (Fsp3) is 0.917. The quantitative estimate of drug-likeness (QED) is 0.661. The third-order valence-corrected chi connectivity index (χ3v) is 7.66. The van der Waals surface area contributed by atoms with Gasteiger partial charge in [0.25, 0.3) is 0 Å². The maximum Gasteiger partial charge on any atom is 0.317 e. The number of hydrogen-bond donors (Lipinski definition) is 2.